The van der Waals surface area contributed by atoms with Crippen molar-refractivity contribution >= 4 is 21.5 Å². The molecule has 0 saturated carbocycles. The molecule has 1 aromatic carbocycles. The second-order valence-electron chi connectivity index (χ2n) is 4.86. The van der Waals surface area contributed by atoms with Crippen molar-refractivity contribution in [3.8, 4) is 0 Å². The van der Waals surface area contributed by atoms with Crippen LogP contribution in [0.3, 0.4) is 0 Å². The van der Waals surface area contributed by atoms with Gasteiger partial charge in [-0.15, -0.1) is 0 Å². The summed E-state index contributed by atoms with van der Waals surface area (Å²) in [6.07, 6.45) is 4.59. The highest BCUT2D eigenvalue weighted by atomic mass is 32.2. The maximum Gasteiger partial charge on any atom is 0.262 e. The predicted molar refractivity (Wildman–Crippen MR) is 77.9 cm³/mol. The number of aromatic nitrogens is 1. The maximum atomic E-state index is 12.3. The summed E-state index contributed by atoms with van der Waals surface area (Å²) in [5, 5.41) is 0. The van der Waals surface area contributed by atoms with Crippen molar-refractivity contribution in [3.63, 3.8) is 0 Å². The van der Waals surface area contributed by atoms with Gasteiger partial charge in [-0.1, -0.05) is 6.07 Å². The van der Waals surface area contributed by atoms with E-state index in [1.54, 1.807) is 6.07 Å². The van der Waals surface area contributed by atoms with Crippen molar-refractivity contribution in [3.05, 3.63) is 47.7 Å². The maximum absolute atomic E-state index is 12.3. The first-order chi connectivity index (χ1) is 9.54. The molecule has 0 amide bonds. The van der Waals surface area contributed by atoms with Crippen LogP contribution >= 0.6 is 0 Å². The Hall–Kier alpha value is -2.08. The van der Waals surface area contributed by atoms with E-state index in [1.165, 1.54) is 29.5 Å². The second kappa shape index (κ2) is 4.79. The van der Waals surface area contributed by atoms with E-state index in [4.69, 9.17) is 5.73 Å². The number of rotatable bonds is 3. The molecule has 1 aliphatic rings. The monoisotopic (exact) mass is 289 g/mol. The summed E-state index contributed by atoms with van der Waals surface area (Å²) in [7, 11) is -3.62. The molecular formula is C14H15N3O2S. The lowest BCUT2D eigenvalue weighted by molar-refractivity contribution is 0.601. The standard InChI is InChI=1S/C14H15N3O2S/c15-14-9-13(6-7-16-14)20(18,19)17-12-5-4-10-2-1-3-11(10)8-12/h4-9,17H,1-3H2,(H2,15,16). The molecule has 0 radical (unpaired) electrons. The number of benzene rings is 1. The molecule has 0 aliphatic heterocycles. The van der Waals surface area contributed by atoms with Gasteiger partial charge in [-0.3, -0.25) is 4.72 Å². The number of sulfonamides is 1. The molecule has 3 N–H and O–H groups in total. The first-order valence-electron chi connectivity index (χ1n) is 6.41. The van der Waals surface area contributed by atoms with Crippen molar-refractivity contribution in [2.75, 3.05) is 10.5 Å². The lowest BCUT2D eigenvalue weighted by Crippen LogP contribution is -2.13. The smallest absolute Gasteiger partial charge is 0.262 e. The molecule has 0 bridgehead atoms. The van der Waals surface area contributed by atoms with Gasteiger partial charge in [-0.25, -0.2) is 13.4 Å². The van der Waals surface area contributed by atoms with Gasteiger partial charge in [-0.2, -0.15) is 0 Å². The molecule has 1 aliphatic carbocycles. The van der Waals surface area contributed by atoms with Gasteiger partial charge in [0.05, 0.1) is 4.90 Å². The molecule has 6 heteroatoms. The average molecular weight is 289 g/mol. The molecular weight excluding hydrogens is 274 g/mol. The van der Waals surface area contributed by atoms with E-state index >= 15 is 0 Å². The summed E-state index contributed by atoms with van der Waals surface area (Å²) in [6, 6.07) is 8.46. The molecule has 104 valence electrons. The second-order valence-corrected chi connectivity index (χ2v) is 6.54. The Labute approximate surface area is 117 Å². The van der Waals surface area contributed by atoms with Crippen molar-refractivity contribution < 1.29 is 8.42 Å². The van der Waals surface area contributed by atoms with Crippen molar-refractivity contribution in [2.45, 2.75) is 24.2 Å². The quantitative estimate of drug-likeness (QED) is 0.904. The van der Waals surface area contributed by atoms with Crippen LogP contribution in [0.25, 0.3) is 0 Å². The van der Waals surface area contributed by atoms with Crippen LogP contribution in [-0.2, 0) is 22.9 Å². The van der Waals surface area contributed by atoms with E-state index < -0.39 is 10.0 Å². The summed E-state index contributed by atoms with van der Waals surface area (Å²) in [5.41, 5.74) is 8.63. The number of nitrogens with two attached hydrogens (primary N) is 1. The van der Waals surface area contributed by atoms with Crippen molar-refractivity contribution in [1.82, 2.24) is 4.98 Å². The highest BCUT2D eigenvalue weighted by molar-refractivity contribution is 7.92. The van der Waals surface area contributed by atoms with Crippen LogP contribution in [0, 0.1) is 0 Å². The lowest BCUT2D eigenvalue weighted by atomic mass is 10.1. The van der Waals surface area contributed by atoms with E-state index in [0.29, 0.717) is 5.69 Å². The van der Waals surface area contributed by atoms with Crippen LogP contribution in [0.4, 0.5) is 11.5 Å². The fourth-order valence-corrected chi connectivity index (χ4v) is 3.52. The zero-order valence-electron chi connectivity index (χ0n) is 10.8. The van der Waals surface area contributed by atoms with Gasteiger partial charge in [0.1, 0.15) is 5.82 Å². The van der Waals surface area contributed by atoms with E-state index in [2.05, 4.69) is 9.71 Å². The highest BCUT2D eigenvalue weighted by Gasteiger charge is 2.16. The van der Waals surface area contributed by atoms with Crippen LogP contribution in [0.1, 0.15) is 17.5 Å². The highest BCUT2D eigenvalue weighted by Crippen LogP contribution is 2.26. The molecule has 1 aromatic heterocycles. The number of pyridine rings is 1. The zero-order chi connectivity index (χ0) is 14.2. The van der Waals surface area contributed by atoms with E-state index in [0.717, 1.165) is 19.3 Å². The Kier molecular flexibility index (Phi) is 3.10. The Balaban J connectivity index is 1.90. The van der Waals surface area contributed by atoms with E-state index in [1.807, 2.05) is 12.1 Å². The first-order valence-corrected chi connectivity index (χ1v) is 7.89. The third kappa shape index (κ3) is 2.46. The number of hydrogen-bond acceptors (Lipinski definition) is 4. The summed E-state index contributed by atoms with van der Waals surface area (Å²) >= 11 is 0. The fourth-order valence-electron chi connectivity index (χ4n) is 2.44. The summed E-state index contributed by atoms with van der Waals surface area (Å²) in [4.78, 5) is 3.91. The first kappa shape index (κ1) is 12.9. The van der Waals surface area contributed by atoms with Gasteiger partial charge in [0.25, 0.3) is 10.0 Å². The number of nitrogens with one attached hydrogen (secondary N) is 1. The minimum absolute atomic E-state index is 0.116. The average Bonchev–Trinajstić information content (AvgIpc) is 2.85. The molecule has 5 nitrogen and oxygen atoms in total. The van der Waals surface area contributed by atoms with Crippen LogP contribution in [-0.4, -0.2) is 13.4 Å². The van der Waals surface area contributed by atoms with E-state index in [-0.39, 0.29) is 10.7 Å². The van der Waals surface area contributed by atoms with Gasteiger partial charge in [0.2, 0.25) is 0 Å². The third-order valence-electron chi connectivity index (χ3n) is 3.41. The Morgan fingerprint density at radius 1 is 1.10 bits per heavy atom. The molecule has 0 spiro atoms. The third-order valence-corrected chi connectivity index (χ3v) is 4.79. The molecule has 20 heavy (non-hydrogen) atoms. The molecule has 3 rings (SSSR count). The number of anilines is 2. The minimum atomic E-state index is -3.62. The van der Waals surface area contributed by atoms with Crippen molar-refractivity contribution in [2.24, 2.45) is 0 Å². The number of hydrogen-bond donors (Lipinski definition) is 2. The van der Waals surface area contributed by atoms with Gasteiger partial charge >= 0.3 is 0 Å². The summed E-state index contributed by atoms with van der Waals surface area (Å²) in [6.45, 7) is 0. The number of nitrogens with zero attached hydrogens (tertiary/aromatic N) is 1. The number of nitrogen functional groups attached to an aromatic ring is 1. The molecule has 0 saturated heterocycles. The SMILES string of the molecule is Nc1cc(S(=O)(=O)Nc2ccc3c(c2)CCC3)ccn1. The lowest BCUT2D eigenvalue weighted by Gasteiger charge is -2.10. The van der Waals surface area contributed by atoms with Crippen LogP contribution in [0.5, 0.6) is 0 Å². The van der Waals surface area contributed by atoms with Crippen LogP contribution in [0.15, 0.2) is 41.4 Å². The molecule has 0 unspecified atom stereocenters. The Morgan fingerprint density at radius 2 is 1.90 bits per heavy atom. The van der Waals surface area contributed by atoms with Crippen molar-refractivity contribution in [1.29, 1.82) is 0 Å². The fraction of sp³-hybridized carbons (Fsp3) is 0.214. The molecule has 0 atom stereocenters. The van der Waals surface area contributed by atoms with E-state index in [9.17, 15) is 8.42 Å². The zero-order valence-corrected chi connectivity index (χ0v) is 11.7. The molecule has 0 fully saturated rings. The molecule has 1 heterocycles. The number of aryl methyl sites for hydroxylation is 2. The predicted octanol–water partition coefficient (Wildman–Crippen LogP) is 1.95. The Bertz CT molecular complexity index is 757. The normalized spacial score (nSPS) is 14.0. The van der Waals surface area contributed by atoms with Gasteiger partial charge in [0, 0.05) is 18.0 Å². The topological polar surface area (TPSA) is 85.1 Å². The van der Waals surface area contributed by atoms with Gasteiger partial charge in [-0.05, 0) is 48.6 Å². The van der Waals surface area contributed by atoms with Crippen LogP contribution < -0.4 is 10.5 Å². The minimum Gasteiger partial charge on any atom is -0.384 e. The van der Waals surface area contributed by atoms with Gasteiger partial charge < -0.3 is 5.73 Å². The largest absolute Gasteiger partial charge is 0.384 e. The molecule has 2 aromatic rings. The number of fused-ring (bicyclic) bond motifs is 1. The van der Waals surface area contributed by atoms with Gasteiger partial charge in [0.15, 0.2) is 0 Å². The van der Waals surface area contributed by atoms with Crippen LogP contribution in [0.2, 0.25) is 0 Å². The Morgan fingerprint density at radius 3 is 2.70 bits per heavy atom. The summed E-state index contributed by atoms with van der Waals surface area (Å²) < 4.78 is 27.1. The summed E-state index contributed by atoms with van der Waals surface area (Å²) in [5.74, 6) is 0.182.